The predicted molar refractivity (Wildman–Crippen MR) is 128 cm³/mol. The van der Waals surface area contributed by atoms with Crippen LogP contribution < -0.4 is 5.32 Å². The number of carbonyl (C=O) groups is 1. The van der Waals surface area contributed by atoms with Crippen LogP contribution in [0.4, 0.5) is 5.69 Å². The van der Waals surface area contributed by atoms with Crippen molar-refractivity contribution in [2.45, 2.75) is 25.8 Å². The van der Waals surface area contributed by atoms with Crippen molar-refractivity contribution in [3.05, 3.63) is 52.1 Å². The summed E-state index contributed by atoms with van der Waals surface area (Å²) in [6.45, 7) is 2.63. The molecule has 1 heterocycles. The molecule has 1 saturated carbocycles. The topological polar surface area (TPSA) is 65.5 Å². The number of halogens is 2. The fraction of sp³-hybridized carbons (Fsp3) is 0.333. The third kappa shape index (κ3) is 4.49. The van der Waals surface area contributed by atoms with Crippen LogP contribution in [0.25, 0.3) is 22.0 Å². The van der Waals surface area contributed by atoms with Gasteiger partial charge in [0.15, 0.2) is 11.5 Å². The number of fused-ring (bicyclic) bond motifs is 1. The van der Waals surface area contributed by atoms with Gasteiger partial charge in [0.2, 0.25) is 0 Å². The molecular formula is C24H25Cl2N3O2. The van der Waals surface area contributed by atoms with Gasteiger partial charge in [-0.25, -0.2) is 0 Å². The minimum absolute atomic E-state index is 0.0257. The molecule has 162 valence electrons. The summed E-state index contributed by atoms with van der Waals surface area (Å²) in [6.07, 6.45) is 3.79. The van der Waals surface area contributed by atoms with Crippen LogP contribution in [0.2, 0.25) is 10.0 Å². The van der Waals surface area contributed by atoms with E-state index in [0.29, 0.717) is 17.5 Å². The average Bonchev–Trinajstić information content (AvgIpc) is 2.69. The molecule has 0 spiro atoms. The first-order valence-electron chi connectivity index (χ1n) is 10.3. The third-order valence-electron chi connectivity index (χ3n) is 5.80. The van der Waals surface area contributed by atoms with E-state index in [4.69, 9.17) is 23.2 Å². The first-order valence-corrected chi connectivity index (χ1v) is 11.0. The van der Waals surface area contributed by atoms with E-state index in [1.165, 1.54) is 0 Å². The summed E-state index contributed by atoms with van der Waals surface area (Å²) < 4.78 is 0. The lowest BCUT2D eigenvalue weighted by Crippen LogP contribution is -2.40. The molecule has 1 aromatic heterocycles. The van der Waals surface area contributed by atoms with Gasteiger partial charge in [-0.15, -0.1) is 0 Å². The Bertz CT molecular complexity index is 1130. The van der Waals surface area contributed by atoms with Crippen LogP contribution in [-0.4, -0.2) is 47.5 Å². The Hall–Kier alpha value is -2.34. The highest BCUT2D eigenvalue weighted by atomic mass is 35.5. The highest BCUT2D eigenvalue weighted by molar-refractivity contribution is 6.37. The van der Waals surface area contributed by atoms with Gasteiger partial charge in [-0.3, -0.25) is 9.78 Å². The number of ketones is 1. The zero-order valence-corrected chi connectivity index (χ0v) is 19.3. The number of phenolic OH excluding ortho intramolecular Hbond substituents is 1. The Morgan fingerprint density at radius 3 is 2.45 bits per heavy atom. The van der Waals surface area contributed by atoms with Gasteiger partial charge in [-0.05, 0) is 75.2 Å². The number of aromatic hydroxyl groups is 1. The molecule has 0 aliphatic heterocycles. The van der Waals surface area contributed by atoms with Crippen molar-refractivity contribution in [2.75, 3.05) is 26.0 Å². The number of hydrogen-bond acceptors (Lipinski definition) is 5. The van der Waals surface area contributed by atoms with E-state index < -0.39 is 0 Å². The van der Waals surface area contributed by atoms with Gasteiger partial charge >= 0.3 is 0 Å². The lowest BCUT2D eigenvalue weighted by atomic mass is 9.79. The summed E-state index contributed by atoms with van der Waals surface area (Å²) in [5, 5.41) is 14.8. The van der Waals surface area contributed by atoms with E-state index in [0.717, 1.165) is 47.1 Å². The number of nitrogens with zero attached hydrogens (tertiary/aromatic N) is 2. The van der Waals surface area contributed by atoms with Crippen LogP contribution >= 0.6 is 23.2 Å². The van der Waals surface area contributed by atoms with Gasteiger partial charge in [0, 0.05) is 24.2 Å². The van der Waals surface area contributed by atoms with Gasteiger partial charge in [0.25, 0.3) is 0 Å². The Balaban J connectivity index is 1.74. The molecular weight excluding hydrogens is 433 g/mol. The lowest BCUT2D eigenvalue weighted by Gasteiger charge is -2.38. The molecule has 0 atom stereocenters. The van der Waals surface area contributed by atoms with E-state index in [2.05, 4.69) is 29.3 Å². The van der Waals surface area contributed by atoms with Gasteiger partial charge < -0.3 is 15.3 Å². The fourth-order valence-electron chi connectivity index (χ4n) is 4.25. The molecule has 0 saturated heterocycles. The number of carbonyl (C=O) groups excluding carboxylic acids is 1. The number of hydrogen-bond donors (Lipinski definition) is 2. The van der Waals surface area contributed by atoms with Crippen LogP contribution in [0.3, 0.4) is 0 Å². The summed E-state index contributed by atoms with van der Waals surface area (Å²) in [5.74, 6) is 0.508. The molecule has 0 bridgehead atoms. The molecule has 0 unspecified atom stereocenters. The maximum atomic E-state index is 12.3. The number of aromatic nitrogens is 1. The standard InChI is InChI=1S/C24H25Cl2N3O2/c1-13(30)19-11-27-22-5-4-15(16-9-20(25)24(31)21(26)10-16)8-18(22)23(19)28-17-6-14(7-17)12-29(2)3/h4-5,8-11,14,17,31H,6-7,12H2,1-3H3,(H,27,28). The van der Waals surface area contributed by atoms with E-state index in [-0.39, 0.29) is 21.6 Å². The molecule has 0 radical (unpaired) electrons. The fourth-order valence-corrected chi connectivity index (χ4v) is 4.74. The first-order chi connectivity index (χ1) is 14.7. The molecule has 1 fully saturated rings. The molecule has 7 heteroatoms. The molecule has 4 rings (SSSR count). The van der Waals surface area contributed by atoms with Gasteiger partial charge in [-0.2, -0.15) is 0 Å². The van der Waals surface area contributed by atoms with Gasteiger partial charge in [0.1, 0.15) is 0 Å². The van der Waals surface area contributed by atoms with Crippen molar-refractivity contribution in [1.29, 1.82) is 0 Å². The van der Waals surface area contributed by atoms with Crippen LogP contribution in [0.1, 0.15) is 30.1 Å². The summed E-state index contributed by atoms with van der Waals surface area (Å²) in [7, 11) is 4.18. The number of Topliss-reactive ketones (excluding diaryl/α,β-unsaturated/α-hetero) is 1. The highest BCUT2D eigenvalue weighted by Crippen LogP contribution is 2.39. The summed E-state index contributed by atoms with van der Waals surface area (Å²) in [6, 6.07) is 9.53. The summed E-state index contributed by atoms with van der Waals surface area (Å²) >= 11 is 12.2. The van der Waals surface area contributed by atoms with E-state index in [1.54, 1.807) is 25.3 Å². The number of benzene rings is 2. The van der Waals surface area contributed by atoms with E-state index >= 15 is 0 Å². The second kappa shape index (κ2) is 8.65. The van der Waals surface area contributed by atoms with Gasteiger partial charge in [-0.1, -0.05) is 29.3 Å². The van der Waals surface area contributed by atoms with E-state index in [9.17, 15) is 9.90 Å². The molecule has 2 aromatic carbocycles. The van der Waals surface area contributed by atoms with Gasteiger partial charge in [0.05, 0.1) is 26.8 Å². The second-order valence-electron chi connectivity index (χ2n) is 8.56. The zero-order chi connectivity index (χ0) is 22.3. The smallest absolute Gasteiger partial charge is 0.163 e. The Morgan fingerprint density at radius 1 is 1.16 bits per heavy atom. The summed E-state index contributed by atoms with van der Waals surface area (Å²) in [5.41, 5.74) is 3.87. The van der Waals surface area contributed by atoms with Crippen molar-refractivity contribution in [1.82, 2.24) is 9.88 Å². The lowest BCUT2D eigenvalue weighted by molar-refractivity contribution is 0.101. The highest BCUT2D eigenvalue weighted by Gasteiger charge is 2.30. The maximum absolute atomic E-state index is 12.3. The Kier molecular flexibility index (Phi) is 6.11. The van der Waals surface area contributed by atoms with Crippen molar-refractivity contribution in [2.24, 2.45) is 5.92 Å². The molecule has 31 heavy (non-hydrogen) atoms. The Labute approximate surface area is 192 Å². The quantitative estimate of drug-likeness (QED) is 0.453. The number of anilines is 1. The third-order valence-corrected chi connectivity index (χ3v) is 6.38. The molecule has 5 nitrogen and oxygen atoms in total. The van der Waals surface area contributed by atoms with Crippen LogP contribution in [0.5, 0.6) is 5.75 Å². The average molecular weight is 458 g/mol. The van der Waals surface area contributed by atoms with Crippen LogP contribution in [0.15, 0.2) is 36.5 Å². The SMILES string of the molecule is CC(=O)c1cnc2ccc(-c3cc(Cl)c(O)c(Cl)c3)cc2c1NC1CC(CN(C)C)C1. The Morgan fingerprint density at radius 2 is 1.84 bits per heavy atom. The van der Waals surface area contributed by atoms with Crippen molar-refractivity contribution in [3.63, 3.8) is 0 Å². The minimum Gasteiger partial charge on any atom is -0.505 e. The molecule has 0 amide bonds. The number of rotatable bonds is 6. The summed E-state index contributed by atoms with van der Waals surface area (Å²) in [4.78, 5) is 19.0. The number of pyridine rings is 1. The normalized spacial score (nSPS) is 18.3. The molecule has 2 N–H and O–H groups in total. The minimum atomic E-state index is -0.131. The molecule has 3 aromatic rings. The predicted octanol–water partition coefficient (Wildman–Crippen LogP) is 5.87. The number of nitrogens with one attached hydrogen (secondary N) is 1. The maximum Gasteiger partial charge on any atom is 0.163 e. The van der Waals surface area contributed by atoms with Crippen molar-refractivity contribution < 1.29 is 9.90 Å². The largest absolute Gasteiger partial charge is 0.505 e. The monoisotopic (exact) mass is 457 g/mol. The van der Waals surface area contributed by atoms with Crippen molar-refractivity contribution in [3.8, 4) is 16.9 Å². The number of phenols is 1. The van der Waals surface area contributed by atoms with E-state index in [1.807, 2.05) is 18.2 Å². The van der Waals surface area contributed by atoms with Crippen LogP contribution in [-0.2, 0) is 0 Å². The van der Waals surface area contributed by atoms with Crippen molar-refractivity contribution >= 4 is 45.6 Å². The first kappa shape index (κ1) is 21.9. The van der Waals surface area contributed by atoms with Crippen LogP contribution in [0, 0.1) is 5.92 Å². The molecule has 1 aliphatic carbocycles. The molecule has 1 aliphatic rings. The zero-order valence-electron chi connectivity index (χ0n) is 17.7. The second-order valence-corrected chi connectivity index (χ2v) is 9.38.